The van der Waals surface area contributed by atoms with Crippen molar-refractivity contribution in [3.63, 3.8) is 0 Å². The van der Waals surface area contributed by atoms with Gasteiger partial charge >= 0.3 is 6.03 Å². The molecule has 2 amide bonds. The van der Waals surface area contributed by atoms with E-state index >= 15 is 0 Å². The second-order valence-electron chi connectivity index (χ2n) is 3.64. The van der Waals surface area contributed by atoms with E-state index < -0.39 is 6.03 Å². The molecule has 0 aromatic carbocycles. The zero-order valence-corrected chi connectivity index (χ0v) is 9.31. The molecule has 0 radical (unpaired) electrons. The molecule has 0 aliphatic heterocycles. The Morgan fingerprint density at radius 2 is 2.07 bits per heavy atom. The molecule has 0 aromatic heterocycles. The molecular weight excluding hydrogens is 178 g/mol. The zero-order valence-electron chi connectivity index (χ0n) is 9.31. The number of carbonyl (C=O) groups excluding carboxylic acids is 1. The molecule has 0 spiro atoms. The molecule has 4 N–H and O–H groups in total. The Labute approximate surface area is 86.6 Å². The van der Waals surface area contributed by atoms with E-state index in [1.807, 2.05) is 0 Å². The van der Waals surface area contributed by atoms with Crippen molar-refractivity contribution in [3.8, 4) is 0 Å². The lowest BCUT2D eigenvalue weighted by Gasteiger charge is -2.13. The standard InChI is InChI=1S/C10H23N3O/c1-3-4-5-6-9(2)12-7-8-13-10(11)14/h9,12H,3-8H2,1-2H3,(H3,11,13,14). The molecule has 0 aliphatic rings. The van der Waals surface area contributed by atoms with Crippen LogP contribution in [0.2, 0.25) is 0 Å². The summed E-state index contributed by atoms with van der Waals surface area (Å²) in [6.45, 7) is 5.76. The number of nitrogens with one attached hydrogen (secondary N) is 2. The van der Waals surface area contributed by atoms with Gasteiger partial charge in [0.15, 0.2) is 0 Å². The predicted molar refractivity (Wildman–Crippen MR) is 59.2 cm³/mol. The summed E-state index contributed by atoms with van der Waals surface area (Å²) in [5.41, 5.74) is 4.93. The molecule has 4 nitrogen and oxygen atoms in total. The highest BCUT2D eigenvalue weighted by Gasteiger charge is 1.99. The Morgan fingerprint density at radius 3 is 2.64 bits per heavy atom. The van der Waals surface area contributed by atoms with Crippen LogP contribution in [0.3, 0.4) is 0 Å². The molecule has 0 rings (SSSR count). The molecule has 1 atom stereocenters. The molecule has 0 heterocycles. The van der Waals surface area contributed by atoms with E-state index in [4.69, 9.17) is 5.73 Å². The van der Waals surface area contributed by atoms with Crippen LogP contribution >= 0.6 is 0 Å². The third-order valence-electron chi connectivity index (χ3n) is 2.16. The molecule has 0 aliphatic carbocycles. The van der Waals surface area contributed by atoms with E-state index in [0.29, 0.717) is 12.6 Å². The topological polar surface area (TPSA) is 67.2 Å². The van der Waals surface area contributed by atoms with Gasteiger partial charge in [0, 0.05) is 19.1 Å². The van der Waals surface area contributed by atoms with Crippen LogP contribution in [0.5, 0.6) is 0 Å². The molecule has 84 valence electrons. The maximum Gasteiger partial charge on any atom is 0.312 e. The van der Waals surface area contributed by atoms with Crippen molar-refractivity contribution in [2.75, 3.05) is 13.1 Å². The van der Waals surface area contributed by atoms with Crippen molar-refractivity contribution >= 4 is 6.03 Å². The van der Waals surface area contributed by atoms with Gasteiger partial charge in [-0.15, -0.1) is 0 Å². The number of carbonyl (C=O) groups is 1. The number of nitrogens with two attached hydrogens (primary N) is 1. The van der Waals surface area contributed by atoms with Crippen LogP contribution in [-0.4, -0.2) is 25.2 Å². The quantitative estimate of drug-likeness (QED) is 0.517. The maximum atomic E-state index is 10.3. The van der Waals surface area contributed by atoms with Gasteiger partial charge in [-0.1, -0.05) is 26.2 Å². The summed E-state index contributed by atoms with van der Waals surface area (Å²) in [5.74, 6) is 0. The predicted octanol–water partition coefficient (Wildman–Crippen LogP) is 1.21. The van der Waals surface area contributed by atoms with Crippen molar-refractivity contribution in [2.24, 2.45) is 5.73 Å². The van der Waals surface area contributed by atoms with Gasteiger partial charge in [-0.05, 0) is 13.3 Å². The Kier molecular flexibility index (Phi) is 8.33. The Hall–Kier alpha value is -0.770. The fourth-order valence-corrected chi connectivity index (χ4v) is 1.31. The van der Waals surface area contributed by atoms with Crippen molar-refractivity contribution in [1.29, 1.82) is 0 Å². The largest absolute Gasteiger partial charge is 0.352 e. The van der Waals surface area contributed by atoms with Crippen LogP contribution in [0.4, 0.5) is 4.79 Å². The minimum absolute atomic E-state index is 0.453. The lowest BCUT2D eigenvalue weighted by Crippen LogP contribution is -2.38. The molecule has 0 saturated carbocycles. The highest BCUT2D eigenvalue weighted by Crippen LogP contribution is 2.01. The van der Waals surface area contributed by atoms with Crippen LogP contribution in [0.25, 0.3) is 0 Å². The monoisotopic (exact) mass is 201 g/mol. The number of unbranched alkanes of at least 4 members (excludes halogenated alkanes) is 2. The van der Waals surface area contributed by atoms with E-state index in [9.17, 15) is 4.79 Å². The van der Waals surface area contributed by atoms with E-state index in [1.165, 1.54) is 25.7 Å². The van der Waals surface area contributed by atoms with Crippen molar-refractivity contribution in [1.82, 2.24) is 10.6 Å². The molecule has 1 unspecified atom stereocenters. The molecule has 0 bridgehead atoms. The first-order valence-electron chi connectivity index (χ1n) is 5.43. The number of hydrogen-bond acceptors (Lipinski definition) is 2. The molecule has 4 heteroatoms. The average Bonchev–Trinajstić information content (AvgIpc) is 2.13. The second kappa shape index (κ2) is 8.81. The van der Waals surface area contributed by atoms with Gasteiger partial charge in [-0.25, -0.2) is 4.79 Å². The Bertz CT molecular complexity index is 150. The van der Waals surface area contributed by atoms with E-state index in [2.05, 4.69) is 24.5 Å². The molecule has 0 fully saturated rings. The number of primary amides is 1. The van der Waals surface area contributed by atoms with Gasteiger partial charge in [-0.3, -0.25) is 0 Å². The fraction of sp³-hybridized carbons (Fsp3) is 0.900. The number of urea groups is 1. The SMILES string of the molecule is CCCCCC(C)NCCNC(N)=O. The molecule has 0 saturated heterocycles. The highest BCUT2D eigenvalue weighted by atomic mass is 16.2. The van der Waals surface area contributed by atoms with Crippen LogP contribution in [-0.2, 0) is 0 Å². The second-order valence-corrected chi connectivity index (χ2v) is 3.64. The summed E-state index contributed by atoms with van der Waals surface area (Å²) >= 11 is 0. The van der Waals surface area contributed by atoms with Crippen LogP contribution in [0.1, 0.15) is 39.5 Å². The van der Waals surface area contributed by atoms with E-state index in [-0.39, 0.29) is 0 Å². The van der Waals surface area contributed by atoms with E-state index in [1.54, 1.807) is 0 Å². The van der Waals surface area contributed by atoms with Gasteiger partial charge in [0.1, 0.15) is 0 Å². The number of rotatable bonds is 8. The van der Waals surface area contributed by atoms with Crippen LogP contribution in [0.15, 0.2) is 0 Å². The third-order valence-corrected chi connectivity index (χ3v) is 2.16. The van der Waals surface area contributed by atoms with Gasteiger partial charge in [0.2, 0.25) is 0 Å². The summed E-state index contributed by atoms with van der Waals surface area (Å²) in [5, 5.41) is 5.87. The molecule has 14 heavy (non-hydrogen) atoms. The third kappa shape index (κ3) is 9.32. The van der Waals surface area contributed by atoms with E-state index in [0.717, 1.165) is 6.54 Å². The average molecular weight is 201 g/mol. The minimum atomic E-state index is -0.453. The lowest BCUT2D eigenvalue weighted by atomic mass is 10.1. The van der Waals surface area contributed by atoms with Gasteiger partial charge in [-0.2, -0.15) is 0 Å². The lowest BCUT2D eigenvalue weighted by molar-refractivity contribution is 0.248. The minimum Gasteiger partial charge on any atom is -0.352 e. The summed E-state index contributed by atoms with van der Waals surface area (Å²) in [6, 6.07) is 0.0710. The Balaban J connectivity index is 3.18. The maximum absolute atomic E-state index is 10.3. The first kappa shape index (κ1) is 13.2. The summed E-state index contributed by atoms with van der Waals surface area (Å²) in [6.07, 6.45) is 5.03. The van der Waals surface area contributed by atoms with Crippen LogP contribution < -0.4 is 16.4 Å². The van der Waals surface area contributed by atoms with Crippen molar-refractivity contribution in [3.05, 3.63) is 0 Å². The number of amides is 2. The summed E-state index contributed by atoms with van der Waals surface area (Å²) in [7, 11) is 0. The van der Waals surface area contributed by atoms with Gasteiger partial charge in [0.25, 0.3) is 0 Å². The van der Waals surface area contributed by atoms with Gasteiger partial charge in [0.05, 0.1) is 0 Å². The molecular formula is C10H23N3O. The van der Waals surface area contributed by atoms with Gasteiger partial charge < -0.3 is 16.4 Å². The zero-order chi connectivity index (χ0) is 10.8. The first-order valence-corrected chi connectivity index (χ1v) is 5.43. The Morgan fingerprint density at radius 1 is 1.36 bits per heavy atom. The highest BCUT2D eigenvalue weighted by molar-refractivity contribution is 5.71. The van der Waals surface area contributed by atoms with Crippen molar-refractivity contribution in [2.45, 2.75) is 45.6 Å². The summed E-state index contributed by atoms with van der Waals surface area (Å²) < 4.78 is 0. The smallest absolute Gasteiger partial charge is 0.312 e. The normalized spacial score (nSPS) is 12.4. The summed E-state index contributed by atoms with van der Waals surface area (Å²) in [4.78, 5) is 10.3. The van der Waals surface area contributed by atoms with Crippen molar-refractivity contribution < 1.29 is 4.79 Å². The first-order chi connectivity index (χ1) is 6.66. The number of hydrogen-bond donors (Lipinski definition) is 3. The fourth-order valence-electron chi connectivity index (χ4n) is 1.31. The molecule has 0 aromatic rings. The van der Waals surface area contributed by atoms with Crippen LogP contribution in [0, 0.1) is 0 Å².